The SMILES string of the molecule is O=C(Nc1cnn(Cc2ccc(Cl)cc2)c1)c1ccc(COc2cccc(Cl)c2Cl)o1. The lowest BCUT2D eigenvalue weighted by Gasteiger charge is -2.07. The summed E-state index contributed by atoms with van der Waals surface area (Å²) in [4.78, 5) is 12.5. The van der Waals surface area contributed by atoms with Gasteiger partial charge in [0.25, 0.3) is 5.91 Å². The average molecular weight is 477 g/mol. The monoisotopic (exact) mass is 475 g/mol. The number of carbonyl (C=O) groups is 1. The van der Waals surface area contributed by atoms with Gasteiger partial charge in [0.05, 0.1) is 23.5 Å². The van der Waals surface area contributed by atoms with Gasteiger partial charge in [-0.25, -0.2) is 0 Å². The zero-order valence-electron chi connectivity index (χ0n) is 16.0. The number of ether oxygens (including phenoxy) is 1. The molecule has 6 nitrogen and oxygen atoms in total. The van der Waals surface area contributed by atoms with Crippen molar-refractivity contribution in [3.63, 3.8) is 0 Å². The summed E-state index contributed by atoms with van der Waals surface area (Å²) in [7, 11) is 0. The number of nitrogens with zero attached hydrogens (tertiary/aromatic N) is 2. The van der Waals surface area contributed by atoms with E-state index in [1.165, 1.54) is 0 Å². The predicted octanol–water partition coefficient (Wildman–Crippen LogP) is 6.32. The molecule has 0 bridgehead atoms. The Morgan fingerprint density at radius 3 is 2.68 bits per heavy atom. The molecule has 0 aliphatic carbocycles. The molecule has 1 N–H and O–H groups in total. The maximum absolute atomic E-state index is 12.5. The van der Waals surface area contributed by atoms with Crippen LogP contribution in [0, 0.1) is 0 Å². The van der Waals surface area contributed by atoms with Crippen molar-refractivity contribution in [1.82, 2.24) is 9.78 Å². The first-order valence-corrected chi connectivity index (χ1v) is 10.3. The van der Waals surface area contributed by atoms with E-state index in [2.05, 4.69) is 10.4 Å². The molecule has 0 saturated heterocycles. The Morgan fingerprint density at radius 2 is 1.87 bits per heavy atom. The van der Waals surface area contributed by atoms with Crippen LogP contribution in [0.5, 0.6) is 5.75 Å². The third-order valence-electron chi connectivity index (χ3n) is 4.32. The van der Waals surface area contributed by atoms with E-state index in [1.807, 2.05) is 24.3 Å². The van der Waals surface area contributed by atoms with Gasteiger partial charge in [-0.15, -0.1) is 0 Å². The molecule has 0 spiro atoms. The molecule has 2 aromatic heterocycles. The fourth-order valence-electron chi connectivity index (χ4n) is 2.81. The van der Waals surface area contributed by atoms with Crippen LogP contribution in [0.15, 0.2) is 71.4 Å². The van der Waals surface area contributed by atoms with Gasteiger partial charge < -0.3 is 14.5 Å². The first-order chi connectivity index (χ1) is 15.0. The zero-order chi connectivity index (χ0) is 21.8. The van der Waals surface area contributed by atoms with E-state index in [-0.39, 0.29) is 12.4 Å². The number of amides is 1. The molecule has 0 saturated carbocycles. The van der Waals surface area contributed by atoms with Crippen LogP contribution in [0.4, 0.5) is 5.69 Å². The molecule has 9 heteroatoms. The van der Waals surface area contributed by atoms with E-state index in [1.54, 1.807) is 47.4 Å². The highest BCUT2D eigenvalue weighted by atomic mass is 35.5. The number of aromatic nitrogens is 2. The Kier molecular flexibility index (Phi) is 6.51. The number of halogens is 3. The molecule has 0 atom stereocenters. The Labute approximate surface area is 193 Å². The van der Waals surface area contributed by atoms with Crippen LogP contribution >= 0.6 is 34.8 Å². The molecule has 2 aromatic carbocycles. The van der Waals surface area contributed by atoms with E-state index in [0.717, 1.165) is 5.56 Å². The van der Waals surface area contributed by atoms with Crippen LogP contribution in [0.1, 0.15) is 21.9 Å². The van der Waals surface area contributed by atoms with Crippen molar-refractivity contribution < 1.29 is 13.9 Å². The van der Waals surface area contributed by atoms with Crippen molar-refractivity contribution >= 4 is 46.4 Å². The zero-order valence-corrected chi connectivity index (χ0v) is 18.3. The Morgan fingerprint density at radius 1 is 1.06 bits per heavy atom. The van der Waals surface area contributed by atoms with Gasteiger partial charge in [-0.05, 0) is 42.0 Å². The molecule has 0 aliphatic heterocycles. The van der Waals surface area contributed by atoms with Crippen molar-refractivity contribution in [2.24, 2.45) is 0 Å². The lowest BCUT2D eigenvalue weighted by molar-refractivity contribution is 0.0992. The lowest BCUT2D eigenvalue weighted by atomic mass is 10.2. The highest BCUT2D eigenvalue weighted by Gasteiger charge is 2.14. The summed E-state index contributed by atoms with van der Waals surface area (Å²) in [6.45, 7) is 0.660. The highest BCUT2D eigenvalue weighted by molar-refractivity contribution is 6.42. The van der Waals surface area contributed by atoms with Gasteiger partial charge >= 0.3 is 0 Å². The average Bonchev–Trinajstić information content (AvgIpc) is 3.40. The van der Waals surface area contributed by atoms with Crippen LogP contribution < -0.4 is 10.1 Å². The molecular weight excluding hydrogens is 461 g/mol. The van der Waals surface area contributed by atoms with Gasteiger partial charge in [0.2, 0.25) is 0 Å². The minimum absolute atomic E-state index is 0.104. The van der Waals surface area contributed by atoms with Gasteiger partial charge in [0, 0.05) is 11.2 Å². The number of furan rings is 1. The summed E-state index contributed by atoms with van der Waals surface area (Å²) in [5.41, 5.74) is 1.60. The second-order valence-corrected chi connectivity index (χ2v) is 7.84. The molecule has 0 unspecified atom stereocenters. The lowest BCUT2D eigenvalue weighted by Crippen LogP contribution is -2.10. The van der Waals surface area contributed by atoms with Crippen molar-refractivity contribution in [2.75, 3.05) is 5.32 Å². The maximum atomic E-state index is 12.5. The number of carbonyl (C=O) groups excluding carboxylic acids is 1. The van der Waals surface area contributed by atoms with E-state index < -0.39 is 5.91 Å². The molecule has 4 aromatic rings. The van der Waals surface area contributed by atoms with Crippen molar-refractivity contribution in [3.05, 3.63) is 99.1 Å². The van der Waals surface area contributed by atoms with Crippen molar-refractivity contribution in [1.29, 1.82) is 0 Å². The van der Waals surface area contributed by atoms with Gasteiger partial charge in [0.15, 0.2) is 5.76 Å². The Bertz CT molecular complexity index is 1200. The Hall–Kier alpha value is -2.93. The topological polar surface area (TPSA) is 69.3 Å². The third kappa shape index (κ3) is 5.41. The molecule has 1 amide bonds. The molecular formula is C22H16Cl3N3O3. The Balaban J connectivity index is 1.34. The molecule has 0 radical (unpaired) electrons. The first kappa shape index (κ1) is 21.3. The minimum atomic E-state index is -0.391. The van der Waals surface area contributed by atoms with Crippen LogP contribution in [-0.4, -0.2) is 15.7 Å². The fraction of sp³-hybridized carbons (Fsp3) is 0.0909. The molecule has 0 aliphatic rings. The standard InChI is InChI=1S/C22H16Cl3N3O3/c23-15-6-4-14(5-7-15)11-28-12-16(10-26-28)27-22(29)20-9-8-17(31-20)13-30-19-3-1-2-18(24)21(19)25/h1-10,12H,11,13H2,(H,27,29). The summed E-state index contributed by atoms with van der Waals surface area (Å²) in [6, 6.07) is 15.8. The number of nitrogens with one attached hydrogen (secondary N) is 1. The number of anilines is 1. The largest absolute Gasteiger partial charge is 0.484 e. The van der Waals surface area contributed by atoms with Crippen LogP contribution in [0.3, 0.4) is 0 Å². The number of hydrogen-bond donors (Lipinski definition) is 1. The number of rotatable bonds is 7. The quantitative estimate of drug-likeness (QED) is 0.339. The second kappa shape index (κ2) is 9.47. The summed E-state index contributed by atoms with van der Waals surface area (Å²) >= 11 is 18.0. The van der Waals surface area contributed by atoms with Crippen molar-refractivity contribution in [3.8, 4) is 5.75 Å². The smallest absolute Gasteiger partial charge is 0.291 e. The van der Waals surface area contributed by atoms with Crippen LogP contribution in [0.2, 0.25) is 15.1 Å². The summed E-state index contributed by atoms with van der Waals surface area (Å²) in [5, 5.41) is 8.42. The maximum Gasteiger partial charge on any atom is 0.291 e. The minimum Gasteiger partial charge on any atom is -0.484 e. The van der Waals surface area contributed by atoms with Gasteiger partial charge in [-0.2, -0.15) is 5.10 Å². The predicted molar refractivity (Wildman–Crippen MR) is 120 cm³/mol. The first-order valence-electron chi connectivity index (χ1n) is 9.22. The van der Waals surface area contributed by atoms with Gasteiger partial charge in [-0.3, -0.25) is 9.48 Å². The summed E-state index contributed by atoms with van der Waals surface area (Å²) in [6.07, 6.45) is 3.31. The van der Waals surface area contributed by atoms with Crippen molar-refractivity contribution in [2.45, 2.75) is 13.2 Å². The van der Waals surface area contributed by atoms with E-state index >= 15 is 0 Å². The van der Waals surface area contributed by atoms with E-state index in [9.17, 15) is 4.79 Å². The summed E-state index contributed by atoms with van der Waals surface area (Å²) < 4.78 is 12.9. The fourth-order valence-corrected chi connectivity index (χ4v) is 3.28. The third-order valence-corrected chi connectivity index (χ3v) is 5.37. The van der Waals surface area contributed by atoms with Gasteiger partial charge in [0.1, 0.15) is 23.1 Å². The molecule has 31 heavy (non-hydrogen) atoms. The van der Waals surface area contributed by atoms with E-state index in [0.29, 0.717) is 38.8 Å². The van der Waals surface area contributed by atoms with Crippen LogP contribution in [0.25, 0.3) is 0 Å². The van der Waals surface area contributed by atoms with Crippen LogP contribution in [-0.2, 0) is 13.2 Å². The second-order valence-electron chi connectivity index (χ2n) is 6.61. The number of hydrogen-bond acceptors (Lipinski definition) is 4. The molecule has 4 rings (SSSR count). The van der Waals surface area contributed by atoms with Gasteiger partial charge in [-0.1, -0.05) is 53.0 Å². The normalized spacial score (nSPS) is 10.8. The molecule has 158 valence electrons. The molecule has 0 fully saturated rings. The number of benzene rings is 2. The molecule has 2 heterocycles. The highest BCUT2D eigenvalue weighted by Crippen LogP contribution is 2.32. The van der Waals surface area contributed by atoms with E-state index in [4.69, 9.17) is 44.0 Å². The summed E-state index contributed by atoms with van der Waals surface area (Å²) in [5.74, 6) is 0.670.